The second-order valence-corrected chi connectivity index (χ2v) is 6.83. The first-order valence-electron chi connectivity index (χ1n) is 9.55. The molecule has 138 valence electrons. The van der Waals surface area contributed by atoms with Crippen LogP contribution < -0.4 is 5.32 Å². The lowest BCUT2D eigenvalue weighted by molar-refractivity contribution is 0.732. The van der Waals surface area contributed by atoms with Gasteiger partial charge in [0.1, 0.15) is 0 Å². The summed E-state index contributed by atoms with van der Waals surface area (Å²) in [5.41, 5.74) is 7.51. The van der Waals surface area contributed by atoms with Crippen LogP contribution in [0.5, 0.6) is 0 Å². The first kappa shape index (κ1) is 18.1. The maximum atomic E-state index is 4.09. The Bertz CT molecular complexity index is 985. The van der Waals surface area contributed by atoms with E-state index < -0.39 is 0 Å². The van der Waals surface area contributed by atoms with E-state index in [1.165, 1.54) is 33.4 Å². The molecule has 1 aromatic carbocycles. The molecule has 3 nitrogen and oxygen atoms in total. The number of nitrogens with zero attached hydrogens (tertiary/aromatic N) is 2. The van der Waals surface area contributed by atoms with Gasteiger partial charge in [-0.2, -0.15) is 0 Å². The van der Waals surface area contributed by atoms with Gasteiger partial charge in [0, 0.05) is 37.9 Å². The van der Waals surface area contributed by atoms with Crippen LogP contribution in [0.25, 0.3) is 16.7 Å². The lowest BCUT2D eigenvalue weighted by Crippen LogP contribution is -2.16. The molecule has 0 spiro atoms. The number of hydrogen-bond acceptors (Lipinski definition) is 3. The van der Waals surface area contributed by atoms with Gasteiger partial charge in [0.25, 0.3) is 0 Å². The Morgan fingerprint density at radius 2 is 1.32 bits per heavy atom. The predicted octanol–water partition coefficient (Wildman–Crippen LogP) is 5.20. The molecule has 2 aromatic heterocycles. The first-order valence-corrected chi connectivity index (χ1v) is 9.55. The maximum absolute atomic E-state index is 4.09. The third-order valence-corrected chi connectivity index (χ3v) is 4.84. The van der Waals surface area contributed by atoms with Crippen molar-refractivity contribution in [2.45, 2.75) is 13.0 Å². The molecule has 0 fully saturated rings. The minimum atomic E-state index is 0.860. The smallest absolute Gasteiger partial charge is 0.0273 e. The second kappa shape index (κ2) is 9.07. The minimum absolute atomic E-state index is 0.860. The van der Waals surface area contributed by atoms with E-state index in [0.29, 0.717) is 0 Å². The summed E-state index contributed by atoms with van der Waals surface area (Å²) in [6.07, 6.45) is 17.1. The number of hydrogen-bond donors (Lipinski definition) is 1. The van der Waals surface area contributed by atoms with Crippen molar-refractivity contribution in [3.05, 3.63) is 114 Å². The van der Waals surface area contributed by atoms with Crippen molar-refractivity contribution in [2.24, 2.45) is 0 Å². The van der Waals surface area contributed by atoms with Gasteiger partial charge in [-0.25, -0.2) is 0 Å². The van der Waals surface area contributed by atoms with Crippen molar-refractivity contribution < 1.29 is 0 Å². The SMILES string of the molecule is C1=CC(c2ccncc2)=CC=C(CNCc2ccc(-c3ccncc3)cc2)C1. The Kier molecular flexibility index (Phi) is 5.86. The first-order chi connectivity index (χ1) is 13.9. The summed E-state index contributed by atoms with van der Waals surface area (Å²) in [7, 11) is 0. The van der Waals surface area contributed by atoms with Crippen LogP contribution >= 0.6 is 0 Å². The molecule has 1 aliphatic rings. The summed E-state index contributed by atoms with van der Waals surface area (Å²) in [6, 6.07) is 16.9. The van der Waals surface area contributed by atoms with Gasteiger partial charge < -0.3 is 5.32 Å². The second-order valence-electron chi connectivity index (χ2n) is 6.83. The van der Waals surface area contributed by atoms with Gasteiger partial charge in [0.05, 0.1) is 0 Å². The topological polar surface area (TPSA) is 37.8 Å². The standard InChI is InChI=1S/C25H23N3/c1-2-20(4-7-22(3-1)24-10-14-26-15-11-24)18-28-19-21-5-8-23(9-6-21)25-12-16-27-17-13-25/h1,3-17,28H,2,18-19H2. The van der Waals surface area contributed by atoms with E-state index in [0.717, 1.165) is 19.5 Å². The highest BCUT2D eigenvalue weighted by Crippen LogP contribution is 2.20. The Balaban J connectivity index is 1.33. The fraction of sp³-hybridized carbons (Fsp3) is 0.120. The summed E-state index contributed by atoms with van der Waals surface area (Å²) in [5, 5.41) is 3.56. The zero-order chi connectivity index (χ0) is 19.0. The minimum Gasteiger partial charge on any atom is -0.309 e. The van der Waals surface area contributed by atoms with Gasteiger partial charge in [0.15, 0.2) is 0 Å². The van der Waals surface area contributed by atoms with E-state index in [9.17, 15) is 0 Å². The van der Waals surface area contributed by atoms with Crippen LogP contribution in [0.4, 0.5) is 0 Å². The van der Waals surface area contributed by atoms with Crippen LogP contribution in [0, 0.1) is 0 Å². The summed E-state index contributed by atoms with van der Waals surface area (Å²) >= 11 is 0. The summed E-state index contributed by atoms with van der Waals surface area (Å²) < 4.78 is 0. The number of pyridine rings is 2. The molecular weight excluding hydrogens is 342 g/mol. The van der Waals surface area contributed by atoms with Crippen LogP contribution in [-0.2, 0) is 6.54 Å². The number of nitrogens with one attached hydrogen (secondary N) is 1. The van der Waals surface area contributed by atoms with Crippen molar-refractivity contribution in [2.75, 3.05) is 6.54 Å². The number of allylic oxidation sites excluding steroid dienone is 5. The van der Waals surface area contributed by atoms with Crippen LogP contribution in [0.3, 0.4) is 0 Å². The monoisotopic (exact) mass is 365 g/mol. The van der Waals surface area contributed by atoms with Crippen molar-refractivity contribution in [3.63, 3.8) is 0 Å². The quantitative estimate of drug-likeness (QED) is 0.652. The Morgan fingerprint density at radius 3 is 2.04 bits per heavy atom. The van der Waals surface area contributed by atoms with Crippen molar-refractivity contribution >= 4 is 5.57 Å². The third-order valence-electron chi connectivity index (χ3n) is 4.84. The molecule has 0 bridgehead atoms. The summed E-state index contributed by atoms with van der Waals surface area (Å²) in [4.78, 5) is 8.17. The van der Waals surface area contributed by atoms with Gasteiger partial charge in [-0.05, 0) is 58.5 Å². The summed E-state index contributed by atoms with van der Waals surface area (Å²) in [5.74, 6) is 0. The molecular formula is C25H23N3. The number of rotatable bonds is 6. The highest BCUT2D eigenvalue weighted by atomic mass is 14.8. The number of benzene rings is 1. The van der Waals surface area contributed by atoms with Crippen LogP contribution in [0.15, 0.2) is 103 Å². The van der Waals surface area contributed by atoms with E-state index >= 15 is 0 Å². The Labute approximate surface area is 166 Å². The van der Waals surface area contributed by atoms with E-state index in [-0.39, 0.29) is 0 Å². The Morgan fingerprint density at radius 1 is 0.679 bits per heavy atom. The fourth-order valence-electron chi connectivity index (χ4n) is 3.26. The molecule has 0 radical (unpaired) electrons. The molecule has 1 N–H and O–H groups in total. The zero-order valence-corrected chi connectivity index (χ0v) is 15.8. The lowest BCUT2D eigenvalue weighted by atomic mass is 10.1. The van der Waals surface area contributed by atoms with Crippen molar-refractivity contribution in [3.8, 4) is 11.1 Å². The molecule has 3 aromatic rings. The highest BCUT2D eigenvalue weighted by Gasteiger charge is 2.03. The van der Waals surface area contributed by atoms with Crippen LogP contribution in [0.1, 0.15) is 17.5 Å². The molecule has 0 atom stereocenters. The molecule has 1 aliphatic carbocycles. The van der Waals surface area contributed by atoms with E-state index in [2.05, 4.69) is 63.9 Å². The average Bonchev–Trinajstić information content (AvgIpc) is 3.01. The van der Waals surface area contributed by atoms with Gasteiger partial charge >= 0.3 is 0 Å². The molecule has 0 unspecified atom stereocenters. The van der Waals surface area contributed by atoms with Crippen molar-refractivity contribution in [1.82, 2.24) is 15.3 Å². The van der Waals surface area contributed by atoms with E-state index in [1.54, 1.807) is 0 Å². The van der Waals surface area contributed by atoms with Gasteiger partial charge in [-0.1, -0.05) is 54.1 Å². The molecule has 28 heavy (non-hydrogen) atoms. The molecule has 0 amide bonds. The van der Waals surface area contributed by atoms with Crippen LogP contribution in [0.2, 0.25) is 0 Å². The normalized spacial score (nSPS) is 13.6. The van der Waals surface area contributed by atoms with Gasteiger partial charge in [-0.15, -0.1) is 0 Å². The fourth-order valence-corrected chi connectivity index (χ4v) is 3.26. The van der Waals surface area contributed by atoms with Crippen molar-refractivity contribution in [1.29, 1.82) is 0 Å². The molecule has 3 heteroatoms. The zero-order valence-electron chi connectivity index (χ0n) is 15.8. The molecule has 0 saturated heterocycles. The Hall–Kier alpha value is -3.30. The largest absolute Gasteiger partial charge is 0.309 e. The third kappa shape index (κ3) is 4.70. The average molecular weight is 365 g/mol. The van der Waals surface area contributed by atoms with E-state index in [1.807, 2.05) is 49.1 Å². The molecule has 4 rings (SSSR count). The molecule has 0 aliphatic heterocycles. The highest BCUT2D eigenvalue weighted by molar-refractivity contribution is 5.75. The predicted molar refractivity (Wildman–Crippen MR) is 115 cm³/mol. The summed E-state index contributed by atoms with van der Waals surface area (Å²) in [6.45, 7) is 1.75. The van der Waals surface area contributed by atoms with E-state index in [4.69, 9.17) is 0 Å². The molecule has 2 heterocycles. The maximum Gasteiger partial charge on any atom is 0.0273 e. The lowest BCUT2D eigenvalue weighted by Gasteiger charge is -2.08. The molecule has 0 saturated carbocycles. The van der Waals surface area contributed by atoms with Gasteiger partial charge in [-0.3, -0.25) is 9.97 Å². The number of aromatic nitrogens is 2. The van der Waals surface area contributed by atoms with Crippen LogP contribution in [-0.4, -0.2) is 16.5 Å². The van der Waals surface area contributed by atoms with Gasteiger partial charge in [0.2, 0.25) is 0 Å².